The molecule has 1 fully saturated rings. The molecule has 31 heavy (non-hydrogen) atoms. The highest BCUT2D eigenvalue weighted by Crippen LogP contribution is 2.32. The minimum absolute atomic E-state index is 0.0518. The van der Waals surface area contributed by atoms with Crippen molar-refractivity contribution >= 4 is 5.78 Å². The van der Waals surface area contributed by atoms with Crippen molar-refractivity contribution in [3.05, 3.63) is 53.6 Å². The number of Topliss-reactive ketones (excluding diaryl/α,β-unsaturated/α-hetero) is 1. The van der Waals surface area contributed by atoms with Gasteiger partial charge in [0.2, 0.25) is 6.29 Å². The number of carbonyl (C=O) groups is 1. The van der Waals surface area contributed by atoms with Crippen LogP contribution in [-0.4, -0.2) is 75.7 Å². The average Bonchev–Trinajstić information content (AvgIpc) is 2.78. The van der Waals surface area contributed by atoms with Crippen LogP contribution in [0.15, 0.2) is 42.5 Å². The number of hydrogen-bond acceptors (Lipinski definition) is 9. The zero-order valence-corrected chi connectivity index (χ0v) is 16.9. The molecule has 5 atom stereocenters. The van der Waals surface area contributed by atoms with E-state index in [-0.39, 0.29) is 23.5 Å². The van der Waals surface area contributed by atoms with Gasteiger partial charge in [0.25, 0.3) is 0 Å². The zero-order valence-electron chi connectivity index (χ0n) is 16.9. The number of aliphatic hydroxyl groups is 4. The average molecular weight is 434 g/mol. The van der Waals surface area contributed by atoms with Crippen molar-refractivity contribution in [3.8, 4) is 17.2 Å². The number of carbonyl (C=O) groups excluding carboxylic acids is 1. The number of hydrogen-bond donors (Lipinski definition) is 5. The van der Waals surface area contributed by atoms with Crippen LogP contribution in [0.1, 0.15) is 22.3 Å². The topological polar surface area (TPSA) is 146 Å². The first-order chi connectivity index (χ1) is 14.8. The van der Waals surface area contributed by atoms with Gasteiger partial charge in [-0.3, -0.25) is 4.79 Å². The van der Waals surface area contributed by atoms with Gasteiger partial charge in [0.05, 0.1) is 13.7 Å². The van der Waals surface area contributed by atoms with Crippen molar-refractivity contribution < 1.29 is 44.5 Å². The highest BCUT2D eigenvalue weighted by molar-refractivity contribution is 6.01. The highest BCUT2D eigenvalue weighted by atomic mass is 16.7. The Morgan fingerprint density at radius 1 is 1.03 bits per heavy atom. The molecule has 1 heterocycles. The molecule has 9 nitrogen and oxygen atoms in total. The number of aromatic hydroxyl groups is 1. The lowest BCUT2D eigenvalue weighted by atomic mass is 9.99. The van der Waals surface area contributed by atoms with Crippen molar-refractivity contribution in [1.29, 1.82) is 0 Å². The van der Waals surface area contributed by atoms with Gasteiger partial charge in [0.15, 0.2) is 5.78 Å². The lowest BCUT2D eigenvalue weighted by molar-refractivity contribution is -0.277. The van der Waals surface area contributed by atoms with E-state index in [0.717, 1.165) is 5.56 Å². The fraction of sp³-hybridized carbons (Fsp3) is 0.409. The molecular formula is C22H26O9. The number of ether oxygens (including phenoxy) is 3. The van der Waals surface area contributed by atoms with Gasteiger partial charge >= 0.3 is 0 Å². The second-order valence-corrected chi connectivity index (χ2v) is 7.24. The molecule has 0 aromatic heterocycles. The number of aryl methyl sites for hydroxylation is 1. The molecule has 0 saturated carbocycles. The SMILES string of the molecule is COc1ccc(CCC(=O)c2c(O)cccc2O[C@@H]2O[C@H](CO)[C@@H](O)[C@H](O)[C@H]2O)cc1. The zero-order chi connectivity index (χ0) is 22.5. The Kier molecular flexibility index (Phi) is 7.47. The smallest absolute Gasteiger partial charge is 0.229 e. The van der Waals surface area contributed by atoms with Crippen molar-refractivity contribution in [3.63, 3.8) is 0 Å². The number of methoxy groups -OCH3 is 1. The summed E-state index contributed by atoms with van der Waals surface area (Å²) in [7, 11) is 1.56. The molecule has 5 N–H and O–H groups in total. The first-order valence-electron chi connectivity index (χ1n) is 9.81. The molecule has 1 aliphatic heterocycles. The van der Waals surface area contributed by atoms with E-state index < -0.39 is 43.1 Å². The van der Waals surface area contributed by atoms with Gasteiger partial charge in [-0.2, -0.15) is 0 Å². The predicted octanol–water partition coefficient (Wildman–Crippen LogP) is 0.395. The Labute approximate surface area is 179 Å². The van der Waals surface area contributed by atoms with Crippen LogP contribution < -0.4 is 9.47 Å². The molecule has 1 saturated heterocycles. The van der Waals surface area contributed by atoms with Crippen LogP contribution in [0.2, 0.25) is 0 Å². The molecule has 1 aliphatic rings. The Morgan fingerprint density at radius 2 is 1.74 bits per heavy atom. The lowest BCUT2D eigenvalue weighted by Gasteiger charge is -2.39. The normalized spacial score (nSPS) is 25.8. The Morgan fingerprint density at radius 3 is 2.39 bits per heavy atom. The number of aliphatic hydroxyl groups excluding tert-OH is 4. The quantitative estimate of drug-likeness (QED) is 0.373. The monoisotopic (exact) mass is 434 g/mol. The molecule has 3 rings (SSSR count). The van der Waals surface area contributed by atoms with Crippen molar-refractivity contribution in [2.75, 3.05) is 13.7 Å². The van der Waals surface area contributed by atoms with Gasteiger partial charge < -0.3 is 39.7 Å². The number of ketones is 1. The van der Waals surface area contributed by atoms with E-state index in [0.29, 0.717) is 12.2 Å². The summed E-state index contributed by atoms with van der Waals surface area (Å²) in [6, 6.07) is 11.4. The van der Waals surface area contributed by atoms with Crippen LogP contribution in [0.3, 0.4) is 0 Å². The molecule has 9 heteroatoms. The van der Waals surface area contributed by atoms with Crippen LogP contribution in [0.25, 0.3) is 0 Å². The Balaban J connectivity index is 1.75. The summed E-state index contributed by atoms with van der Waals surface area (Å²) in [5.41, 5.74) is 0.814. The van der Waals surface area contributed by atoms with Crippen molar-refractivity contribution in [2.24, 2.45) is 0 Å². The number of phenols is 1. The van der Waals surface area contributed by atoms with E-state index in [4.69, 9.17) is 14.2 Å². The first-order valence-corrected chi connectivity index (χ1v) is 9.81. The van der Waals surface area contributed by atoms with Crippen LogP contribution >= 0.6 is 0 Å². The number of rotatable bonds is 8. The number of phenolic OH excluding ortho intramolecular Hbond substituents is 1. The standard InChI is InChI=1S/C22H26O9/c1-29-13-8-5-12(6-9-13)7-10-15(25)18-14(24)3-2-4-16(18)30-22-21(28)20(27)19(26)17(11-23)31-22/h2-6,8-9,17,19-24,26-28H,7,10-11H2,1H3/t17-,19-,20+,21-,22-/m1/s1. The molecular weight excluding hydrogens is 408 g/mol. The third-order valence-electron chi connectivity index (χ3n) is 5.17. The van der Waals surface area contributed by atoms with E-state index in [1.165, 1.54) is 18.2 Å². The fourth-order valence-electron chi connectivity index (χ4n) is 3.36. The van der Waals surface area contributed by atoms with Gasteiger partial charge in [-0.05, 0) is 36.2 Å². The second-order valence-electron chi connectivity index (χ2n) is 7.24. The molecule has 168 valence electrons. The van der Waals surface area contributed by atoms with Gasteiger partial charge in [-0.1, -0.05) is 18.2 Å². The summed E-state index contributed by atoms with van der Waals surface area (Å²) in [6.07, 6.45) is -6.93. The predicted molar refractivity (Wildman–Crippen MR) is 108 cm³/mol. The van der Waals surface area contributed by atoms with Crippen LogP contribution in [0.5, 0.6) is 17.2 Å². The van der Waals surface area contributed by atoms with Crippen molar-refractivity contribution in [2.45, 2.75) is 43.5 Å². The van der Waals surface area contributed by atoms with E-state index >= 15 is 0 Å². The summed E-state index contributed by atoms with van der Waals surface area (Å²) < 4.78 is 16.0. The summed E-state index contributed by atoms with van der Waals surface area (Å²) in [6.45, 7) is -0.613. The first kappa shape index (κ1) is 23.0. The van der Waals surface area contributed by atoms with E-state index in [2.05, 4.69) is 0 Å². The molecule has 0 unspecified atom stereocenters. The van der Waals surface area contributed by atoms with Gasteiger partial charge in [-0.15, -0.1) is 0 Å². The minimum atomic E-state index is -1.64. The number of benzene rings is 2. The highest BCUT2D eigenvalue weighted by Gasteiger charge is 2.45. The van der Waals surface area contributed by atoms with E-state index in [1.54, 1.807) is 19.2 Å². The van der Waals surface area contributed by atoms with Gasteiger partial charge in [0.1, 0.15) is 47.2 Å². The van der Waals surface area contributed by atoms with Crippen LogP contribution in [0, 0.1) is 0 Å². The summed E-state index contributed by atoms with van der Waals surface area (Å²) >= 11 is 0. The molecule has 2 aromatic carbocycles. The summed E-state index contributed by atoms with van der Waals surface area (Å²) in [5, 5.41) is 49.6. The summed E-state index contributed by atoms with van der Waals surface area (Å²) in [5.74, 6) is -0.0506. The molecule has 0 aliphatic carbocycles. The fourth-order valence-corrected chi connectivity index (χ4v) is 3.36. The lowest BCUT2D eigenvalue weighted by Crippen LogP contribution is -2.60. The van der Waals surface area contributed by atoms with Crippen molar-refractivity contribution in [1.82, 2.24) is 0 Å². The Hall–Kier alpha value is -2.69. The molecule has 0 bridgehead atoms. The minimum Gasteiger partial charge on any atom is -0.507 e. The summed E-state index contributed by atoms with van der Waals surface area (Å²) in [4.78, 5) is 12.8. The maximum Gasteiger partial charge on any atom is 0.229 e. The third-order valence-corrected chi connectivity index (χ3v) is 5.17. The molecule has 2 aromatic rings. The Bertz CT molecular complexity index is 881. The second kappa shape index (κ2) is 10.1. The third kappa shape index (κ3) is 5.15. The van der Waals surface area contributed by atoms with E-state index in [9.17, 15) is 30.3 Å². The molecule has 0 spiro atoms. The van der Waals surface area contributed by atoms with Crippen LogP contribution in [-0.2, 0) is 11.2 Å². The molecule has 0 radical (unpaired) electrons. The van der Waals surface area contributed by atoms with E-state index in [1.807, 2.05) is 12.1 Å². The molecule has 0 amide bonds. The van der Waals surface area contributed by atoms with Gasteiger partial charge in [-0.25, -0.2) is 0 Å². The largest absolute Gasteiger partial charge is 0.507 e. The maximum atomic E-state index is 12.8. The maximum absolute atomic E-state index is 12.8. The van der Waals surface area contributed by atoms with Crippen LogP contribution in [0.4, 0.5) is 0 Å². The van der Waals surface area contributed by atoms with Gasteiger partial charge in [0, 0.05) is 6.42 Å².